The Morgan fingerprint density at radius 1 is 1.09 bits per heavy atom. The summed E-state index contributed by atoms with van der Waals surface area (Å²) in [4.78, 5) is 14.8. The van der Waals surface area contributed by atoms with Crippen LogP contribution >= 0.6 is 0 Å². The predicted molar refractivity (Wildman–Crippen MR) is 85.5 cm³/mol. The molecule has 1 spiro atoms. The molecule has 1 N–H and O–H groups in total. The Labute approximate surface area is 134 Å². The summed E-state index contributed by atoms with van der Waals surface area (Å²) in [6, 6.07) is 0. The molecule has 1 unspecified atom stereocenters. The van der Waals surface area contributed by atoms with E-state index in [-0.39, 0.29) is 11.5 Å². The Bertz CT molecular complexity index is 391. The van der Waals surface area contributed by atoms with Gasteiger partial charge in [0.1, 0.15) is 0 Å². The Balaban J connectivity index is 1.55. The van der Waals surface area contributed by atoms with Crippen molar-refractivity contribution in [1.29, 1.82) is 0 Å². The topological polar surface area (TPSA) is 49.8 Å². The van der Waals surface area contributed by atoms with Gasteiger partial charge in [0.15, 0.2) is 0 Å². The largest absolute Gasteiger partial charge is 0.390 e. The first-order chi connectivity index (χ1) is 10.5. The second-order valence-corrected chi connectivity index (χ2v) is 7.97. The van der Waals surface area contributed by atoms with Crippen molar-refractivity contribution in [2.75, 3.05) is 19.7 Å². The van der Waals surface area contributed by atoms with Crippen LogP contribution in [0.15, 0.2) is 0 Å². The standard InChI is InChI=1S/C18H31NO3/c1-17(21)10-13-22-18(14-17)8-11-19(12-9-18)16(20)15-6-4-2-3-5-7-15/h15,21H,2-14H2,1H3. The molecule has 2 saturated heterocycles. The number of carbonyl (C=O) groups excluding carboxylic acids is 1. The highest BCUT2D eigenvalue weighted by Gasteiger charge is 2.45. The molecule has 3 rings (SSSR count). The SMILES string of the molecule is CC1(O)CCOC2(CCN(C(=O)C3CCCCCC3)CC2)C1. The third kappa shape index (κ3) is 3.65. The second-order valence-electron chi connectivity index (χ2n) is 7.97. The molecule has 126 valence electrons. The third-order valence-electron chi connectivity index (χ3n) is 5.94. The lowest BCUT2D eigenvalue weighted by Gasteiger charge is -2.48. The highest BCUT2D eigenvalue weighted by molar-refractivity contribution is 5.79. The minimum absolute atomic E-state index is 0.192. The number of ether oxygens (including phenoxy) is 1. The van der Waals surface area contributed by atoms with E-state index in [0.717, 1.165) is 45.2 Å². The van der Waals surface area contributed by atoms with Crippen LogP contribution in [0.4, 0.5) is 0 Å². The Kier molecular flexibility index (Phi) is 4.79. The second kappa shape index (κ2) is 6.48. The van der Waals surface area contributed by atoms with Gasteiger partial charge in [0.2, 0.25) is 5.91 Å². The van der Waals surface area contributed by atoms with E-state index in [9.17, 15) is 9.90 Å². The van der Waals surface area contributed by atoms with Crippen LogP contribution in [0, 0.1) is 5.92 Å². The van der Waals surface area contributed by atoms with Crippen molar-refractivity contribution < 1.29 is 14.6 Å². The van der Waals surface area contributed by atoms with Crippen LogP contribution in [0.5, 0.6) is 0 Å². The fraction of sp³-hybridized carbons (Fsp3) is 0.944. The first-order valence-corrected chi connectivity index (χ1v) is 9.15. The monoisotopic (exact) mass is 309 g/mol. The van der Waals surface area contributed by atoms with E-state index in [2.05, 4.69) is 4.90 Å². The Morgan fingerprint density at radius 3 is 2.32 bits per heavy atom. The van der Waals surface area contributed by atoms with Crippen LogP contribution in [-0.2, 0) is 9.53 Å². The molecule has 0 aromatic rings. The van der Waals surface area contributed by atoms with Gasteiger partial charge >= 0.3 is 0 Å². The Hall–Kier alpha value is -0.610. The van der Waals surface area contributed by atoms with E-state index in [0.29, 0.717) is 18.9 Å². The van der Waals surface area contributed by atoms with Gasteiger partial charge in [-0.15, -0.1) is 0 Å². The summed E-state index contributed by atoms with van der Waals surface area (Å²) in [6.45, 7) is 4.15. The highest BCUT2D eigenvalue weighted by atomic mass is 16.5. The van der Waals surface area contributed by atoms with Gasteiger partial charge in [-0.3, -0.25) is 4.79 Å². The number of hydrogen-bond donors (Lipinski definition) is 1. The molecular formula is C18H31NO3. The molecule has 0 bridgehead atoms. The van der Waals surface area contributed by atoms with E-state index >= 15 is 0 Å². The number of amides is 1. The number of aliphatic hydroxyl groups is 1. The molecule has 1 aliphatic carbocycles. The zero-order chi connectivity index (χ0) is 15.6. The summed E-state index contributed by atoms with van der Waals surface area (Å²) in [5.41, 5.74) is -0.798. The fourth-order valence-corrected chi connectivity index (χ4v) is 4.56. The average Bonchev–Trinajstić information content (AvgIpc) is 2.75. The van der Waals surface area contributed by atoms with E-state index in [1.807, 2.05) is 6.92 Å². The Morgan fingerprint density at radius 2 is 1.73 bits per heavy atom. The van der Waals surface area contributed by atoms with Crippen molar-refractivity contribution in [3.8, 4) is 0 Å². The zero-order valence-corrected chi connectivity index (χ0v) is 14.0. The summed E-state index contributed by atoms with van der Waals surface area (Å²) in [5, 5.41) is 10.3. The van der Waals surface area contributed by atoms with Gasteiger partial charge in [0, 0.05) is 25.4 Å². The lowest BCUT2D eigenvalue weighted by molar-refractivity contribution is -0.176. The summed E-state index contributed by atoms with van der Waals surface area (Å²) in [7, 11) is 0. The molecular weight excluding hydrogens is 278 g/mol. The molecule has 0 aromatic heterocycles. The first-order valence-electron chi connectivity index (χ1n) is 9.15. The lowest BCUT2D eigenvalue weighted by atomic mass is 9.77. The van der Waals surface area contributed by atoms with Gasteiger partial charge in [-0.25, -0.2) is 0 Å². The molecule has 22 heavy (non-hydrogen) atoms. The fourth-order valence-electron chi connectivity index (χ4n) is 4.56. The minimum Gasteiger partial charge on any atom is -0.390 e. The summed E-state index contributed by atoms with van der Waals surface area (Å²) in [5.74, 6) is 0.631. The van der Waals surface area contributed by atoms with E-state index < -0.39 is 5.60 Å². The molecule has 1 amide bonds. The molecule has 1 atom stereocenters. The molecule has 0 aromatic carbocycles. The van der Waals surface area contributed by atoms with Gasteiger partial charge in [-0.1, -0.05) is 25.7 Å². The van der Waals surface area contributed by atoms with Crippen LogP contribution < -0.4 is 0 Å². The van der Waals surface area contributed by atoms with Crippen LogP contribution in [0.2, 0.25) is 0 Å². The first kappa shape index (κ1) is 16.3. The van der Waals surface area contributed by atoms with Crippen molar-refractivity contribution in [2.45, 2.75) is 82.3 Å². The van der Waals surface area contributed by atoms with E-state index in [4.69, 9.17) is 4.74 Å². The predicted octanol–water partition coefficient (Wildman–Crippen LogP) is 2.88. The van der Waals surface area contributed by atoms with Gasteiger partial charge < -0.3 is 14.7 Å². The molecule has 4 heteroatoms. The number of likely N-dealkylation sites (tertiary alicyclic amines) is 1. The number of nitrogens with zero attached hydrogens (tertiary/aromatic N) is 1. The van der Waals surface area contributed by atoms with E-state index in [1.165, 1.54) is 25.7 Å². The molecule has 4 nitrogen and oxygen atoms in total. The van der Waals surface area contributed by atoms with Crippen molar-refractivity contribution in [3.63, 3.8) is 0 Å². The molecule has 2 aliphatic heterocycles. The smallest absolute Gasteiger partial charge is 0.225 e. The van der Waals surface area contributed by atoms with Crippen LogP contribution in [-0.4, -0.2) is 46.8 Å². The maximum atomic E-state index is 12.7. The molecule has 3 fully saturated rings. The summed E-state index contributed by atoms with van der Waals surface area (Å²) in [6.07, 6.45) is 10.3. The minimum atomic E-state index is -0.605. The van der Waals surface area contributed by atoms with Crippen LogP contribution in [0.25, 0.3) is 0 Å². The molecule has 0 radical (unpaired) electrons. The van der Waals surface area contributed by atoms with Crippen molar-refractivity contribution in [2.24, 2.45) is 5.92 Å². The van der Waals surface area contributed by atoms with Crippen molar-refractivity contribution in [1.82, 2.24) is 4.90 Å². The van der Waals surface area contributed by atoms with Crippen LogP contribution in [0.3, 0.4) is 0 Å². The number of hydrogen-bond acceptors (Lipinski definition) is 3. The van der Waals surface area contributed by atoms with E-state index in [1.54, 1.807) is 0 Å². The van der Waals surface area contributed by atoms with Gasteiger partial charge in [0.25, 0.3) is 0 Å². The maximum Gasteiger partial charge on any atom is 0.225 e. The quantitative estimate of drug-likeness (QED) is 0.758. The number of rotatable bonds is 1. The zero-order valence-electron chi connectivity index (χ0n) is 14.0. The summed E-state index contributed by atoms with van der Waals surface area (Å²) >= 11 is 0. The molecule has 3 aliphatic rings. The maximum absolute atomic E-state index is 12.7. The summed E-state index contributed by atoms with van der Waals surface area (Å²) < 4.78 is 6.04. The number of carbonyl (C=O) groups is 1. The molecule has 2 heterocycles. The third-order valence-corrected chi connectivity index (χ3v) is 5.94. The van der Waals surface area contributed by atoms with Gasteiger partial charge in [-0.2, -0.15) is 0 Å². The molecule has 1 saturated carbocycles. The van der Waals surface area contributed by atoms with Crippen LogP contribution in [0.1, 0.15) is 71.1 Å². The number of piperidine rings is 1. The van der Waals surface area contributed by atoms with Gasteiger partial charge in [0.05, 0.1) is 17.8 Å². The normalized spacial score (nSPS) is 33.6. The van der Waals surface area contributed by atoms with Crippen molar-refractivity contribution >= 4 is 5.91 Å². The van der Waals surface area contributed by atoms with Gasteiger partial charge in [-0.05, 0) is 39.0 Å². The lowest BCUT2D eigenvalue weighted by Crippen LogP contribution is -2.55. The average molecular weight is 309 g/mol. The highest BCUT2D eigenvalue weighted by Crippen LogP contribution is 2.39. The van der Waals surface area contributed by atoms with Crippen molar-refractivity contribution in [3.05, 3.63) is 0 Å².